The molecule has 0 aliphatic rings. The van der Waals surface area contributed by atoms with Gasteiger partial charge in [0.25, 0.3) is 0 Å². The van der Waals surface area contributed by atoms with Crippen molar-refractivity contribution in [1.29, 1.82) is 0 Å². The lowest BCUT2D eigenvalue weighted by Gasteiger charge is -2.14. The smallest absolute Gasteiger partial charge is 0.343 e. The molecule has 1 unspecified atom stereocenters. The highest BCUT2D eigenvalue weighted by Crippen LogP contribution is 2.30. The summed E-state index contributed by atoms with van der Waals surface area (Å²) in [4.78, 5) is 22.4. The molecule has 0 saturated carbocycles. The van der Waals surface area contributed by atoms with Gasteiger partial charge in [-0.2, -0.15) is 0 Å². The van der Waals surface area contributed by atoms with Gasteiger partial charge in [-0.3, -0.25) is 10.1 Å². The van der Waals surface area contributed by atoms with Crippen molar-refractivity contribution in [3.63, 3.8) is 0 Å². The van der Waals surface area contributed by atoms with Crippen molar-refractivity contribution in [3.8, 4) is 11.5 Å². The summed E-state index contributed by atoms with van der Waals surface area (Å²) in [5.74, 6) is -0.390. The Morgan fingerprint density at radius 2 is 2.00 bits per heavy atom. The first-order valence-electron chi connectivity index (χ1n) is 6.51. The van der Waals surface area contributed by atoms with Crippen molar-refractivity contribution < 1.29 is 19.2 Å². The normalized spacial score (nSPS) is 11.9. The lowest BCUT2D eigenvalue weighted by atomic mass is 9.91. The van der Waals surface area contributed by atoms with Gasteiger partial charge in [-0.1, -0.05) is 12.1 Å². The standard InChI is InChI=1S/C15H15NO6/c1-9-7-13(17)14(15(18)22-9)12(8-16(19)20)10-3-5-11(21-2)6-4-10/h3-7,12,17H,8H2,1-2H3. The lowest BCUT2D eigenvalue weighted by Crippen LogP contribution is -2.21. The van der Waals surface area contributed by atoms with E-state index < -0.39 is 23.0 Å². The molecule has 0 amide bonds. The van der Waals surface area contributed by atoms with Gasteiger partial charge in [0.1, 0.15) is 17.3 Å². The Labute approximate surface area is 125 Å². The van der Waals surface area contributed by atoms with Crippen molar-refractivity contribution in [1.82, 2.24) is 0 Å². The van der Waals surface area contributed by atoms with Gasteiger partial charge in [0.15, 0.2) is 0 Å². The Balaban J connectivity index is 2.55. The van der Waals surface area contributed by atoms with E-state index in [1.165, 1.54) is 20.1 Å². The van der Waals surface area contributed by atoms with Crippen molar-refractivity contribution in [2.75, 3.05) is 13.7 Å². The number of nitrogens with zero attached hydrogens (tertiary/aromatic N) is 1. The second kappa shape index (κ2) is 6.30. The Morgan fingerprint density at radius 3 is 2.50 bits per heavy atom. The average molecular weight is 305 g/mol. The first-order valence-corrected chi connectivity index (χ1v) is 6.51. The van der Waals surface area contributed by atoms with Crippen LogP contribution < -0.4 is 10.4 Å². The highest BCUT2D eigenvalue weighted by atomic mass is 16.6. The van der Waals surface area contributed by atoms with E-state index in [-0.39, 0.29) is 17.1 Å². The second-order valence-electron chi connectivity index (χ2n) is 4.78. The summed E-state index contributed by atoms with van der Waals surface area (Å²) in [6.45, 7) is 0.981. The molecule has 7 nitrogen and oxygen atoms in total. The van der Waals surface area contributed by atoms with Gasteiger partial charge in [0.2, 0.25) is 6.54 Å². The predicted octanol–water partition coefficient (Wildman–Crippen LogP) is 2.07. The molecule has 0 saturated heterocycles. The molecular formula is C15H15NO6. The monoisotopic (exact) mass is 305 g/mol. The Hall–Kier alpha value is -2.83. The molecule has 1 N–H and O–H groups in total. The fourth-order valence-corrected chi connectivity index (χ4v) is 2.27. The molecule has 7 heteroatoms. The van der Waals surface area contributed by atoms with Gasteiger partial charge in [-0.05, 0) is 24.6 Å². The van der Waals surface area contributed by atoms with Crippen molar-refractivity contribution >= 4 is 0 Å². The molecule has 1 atom stereocenters. The Kier molecular flexibility index (Phi) is 4.45. The first kappa shape index (κ1) is 15.6. The summed E-state index contributed by atoms with van der Waals surface area (Å²) in [6.07, 6.45) is 0. The van der Waals surface area contributed by atoms with E-state index in [2.05, 4.69) is 0 Å². The van der Waals surface area contributed by atoms with E-state index in [1.807, 2.05) is 0 Å². The molecule has 0 fully saturated rings. The van der Waals surface area contributed by atoms with Crippen LogP contribution in [0.4, 0.5) is 0 Å². The average Bonchev–Trinajstić information content (AvgIpc) is 2.45. The zero-order valence-electron chi connectivity index (χ0n) is 12.1. The lowest BCUT2D eigenvalue weighted by molar-refractivity contribution is -0.481. The van der Waals surface area contributed by atoms with E-state index in [4.69, 9.17) is 9.15 Å². The van der Waals surface area contributed by atoms with Gasteiger partial charge >= 0.3 is 5.63 Å². The molecule has 0 radical (unpaired) electrons. The second-order valence-corrected chi connectivity index (χ2v) is 4.78. The van der Waals surface area contributed by atoms with Gasteiger partial charge in [0, 0.05) is 11.0 Å². The van der Waals surface area contributed by atoms with Gasteiger partial charge in [-0.25, -0.2) is 4.79 Å². The Morgan fingerprint density at radius 1 is 1.36 bits per heavy atom. The predicted molar refractivity (Wildman–Crippen MR) is 78.1 cm³/mol. The van der Waals surface area contributed by atoms with Gasteiger partial charge < -0.3 is 14.3 Å². The SMILES string of the molecule is COc1ccc(C(C[N+](=O)[O-])c2c(O)cc(C)oc2=O)cc1. The number of methoxy groups -OCH3 is 1. The fourth-order valence-electron chi connectivity index (χ4n) is 2.27. The molecule has 2 aromatic rings. The third-order valence-electron chi connectivity index (χ3n) is 3.29. The molecule has 0 bridgehead atoms. The van der Waals surface area contributed by atoms with Crippen LogP contribution in [0, 0.1) is 17.0 Å². The van der Waals surface area contributed by atoms with Crippen LogP contribution >= 0.6 is 0 Å². The summed E-state index contributed by atoms with van der Waals surface area (Å²) in [7, 11) is 1.50. The van der Waals surface area contributed by atoms with E-state index in [0.717, 1.165) is 0 Å². The zero-order chi connectivity index (χ0) is 16.3. The number of rotatable bonds is 5. The van der Waals surface area contributed by atoms with Crippen LogP contribution in [-0.2, 0) is 0 Å². The van der Waals surface area contributed by atoms with Gasteiger partial charge in [-0.15, -0.1) is 0 Å². The Bertz CT molecular complexity index is 735. The van der Waals surface area contributed by atoms with E-state index in [9.17, 15) is 20.0 Å². The van der Waals surface area contributed by atoms with E-state index >= 15 is 0 Å². The maximum atomic E-state index is 12.0. The van der Waals surface area contributed by atoms with Crippen LogP contribution in [0.3, 0.4) is 0 Å². The van der Waals surface area contributed by atoms with E-state index in [0.29, 0.717) is 11.3 Å². The van der Waals surface area contributed by atoms with Crippen LogP contribution in [-0.4, -0.2) is 23.7 Å². The summed E-state index contributed by atoms with van der Waals surface area (Å²) >= 11 is 0. The fraction of sp³-hybridized carbons (Fsp3) is 0.267. The highest BCUT2D eigenvalue weighted by molar-refractivity contribution is 5.41. The maximum absolute atomic E-state index is 12.0. The van der Waals surface area contributed by atoms with Crippen LogP contribution in [0.5, 0.6) is 11.5 Å². The third kappa shape index (κ3) is 3.25. The maximum Gasteiger partial charge on any atom is 0.343 e. The molecule has 116 valence electrons. The quantitative estimate of drug-likeness (QED) is 0.670. The summed E-state index contributed by atoms with van der Waals surface area (Å²) in [5, 5.41) is 20.9. The zero-order valence-corrected chi connectivity index (χ0v) is 12.1. The molecule has 0 aliphatic carbocycles. The number of aromatic hydroxyl groups is 1. The van der Waals surface area contributed by atoms with Crippen molar-refractivity contribution in [3.05, 3.63) is 67.8 Å². The third-order valence-corrected chi connectivity index (χ3v) is 3.29. The molecule has 1 aromatic carbocycles. The number of benzene rings is 1. The number of aryl methyl sites for hydroxylation is 1. The van der Waals surface area contributed by atoms with Gasteiger partial charge in [0.05, 0.1) is 18.6 Å². The van der Waals surface area contributed by atoms with Crippen LogP contribution in [0.1, 0.15) is 22.8 Å². The van der Waals surface area contributed by atoms with E-state index in [1.54, 1.807) is 24.3 Å². The molecule has 22 heavy (non-hydrogen) atoms. The number of hydrogen-bond donors (Lipinski definition) is 1. The minimum absolute atomic E-state index is 0.118. The molecule has 1 heterocycles. The molecule has 0 aliphatic heterocycles. The molecule has 0 spiro atoms. The van der Waals surface area contributed by atoms with Crippen molar-refractivity contribution in [2.24, 2.45) is 0 Å². The number of ether oxygens (including phenoxy) is 1. The van der Waals surface area contributed by atoms with Crippen molar-refractivity contribution in [2.45, 2.75) is 12.8 Å². The largest absolute Gasteiger partial charge is 0.507 e. The highest BCUT2D eigenvalue weighted by Gasteiger charge is 2.27. The topological polar surface area (TPSA) is 103 Å². The minimum Gasteiger partial charge on any atom is -0.507 e. The summed E-state index contributed by atoms with van der Waals surface area (Å²) in [6, 6.07) is 7.77. The molecule has 1 aromatic heterocycles. The first-order chi connectivity index (χ1) is 10.4. The van der Waals surface area contributed by atoms with Crippen LogP contribution in [0.2, 0.25) is 0 Å². The van der Waals surface area contributed by atoms with Crippen LogP contribution in [0.25, 0.3) is 0 Å². The minimum atomic E-state index is -0.905. The number of nitro groups is 1. The molecule has 2 rings (SSSR count). The molecular weight excluding hydrogens is 290 g/mol. The van der Waals surface area contributed by atoms with Crippen LogP contribution in [0.15, 0.2) is 39.5 Å². The number of hydrogen-bond acceptors (Lipinski definition) is 6. The summed E-state index contributed by atoms with van der Waals surface area (Å²) in [5.41, 5.74) is -0.378. The summed E-state index contributed by atoms with van der Waals surface area (Å²) < 4.78 is 9.99.